The summed E-state index contributed by atoms with van der Waals surface area (Å²) in [5.41, 5.74) is 10.7. The smallest absolute Gasteiger partial charge is 0.222 e. The molecule has 0 unspecified atom stereocenters. The van der Waals surface area contributed by atoms with Crippen molar-refractivity contribution in [3.8, 4) is 0 Å². The van der Waals surface area contributed by atoms with Crippen molar-refractivity contribution in [2.75, 3.05) is 5.73 Å². The van der Waals surface area contributed by atoms with Gasteiger partial charge in [-0.15, -0.1) is 0 Å². The molecule has 2 aromatic heterocycles. The first kappa shape index (κ1) is 10.7. The van der Waals surface area contributed by atoms with Gasteiger partial charge in [0.05, 0.1) is 12.0 Å². The van der Waals surface area contributed by atoms with Crippen molar-refractivity contribution in [2.45, 2.75) is 13.3 Å². The molecule has 0 radical (unpaired) electrons. The van der Waals surface area contributed by atoms with Gasteiger partial charge < -0.3 is 10.7 Å². The lowest BCUT2D eigenvalue weighted by Gasteiger charge is -2.11. The predicted molar refractivity (Wildman–Crippen MR) is 70.1 cm³/mol. The van der Waals surface area contributed by atoms with Crippen LogP contribution < -0.4 is 5.73 Å². The van der Waals surface area contributed by atoms with Crippen LogP contribution in [0, 0.1) is 6.92 Å². The van der Waals surface area contributed by atoms with Crippen LogP contribution in [0.5, 0.6) is 0 Å². The first-order valence-electron chi connectivity index (χ1n) is 5.73. The molecule has 0 atom stereocenters. The van der Waals surface area contributed by atoms with Crippen molar-refractivity contribution >= 4 is 17.1 Å². The van der Waals surface area contributed by atoms with Crippen LogP contribution in [0.3, 0.4) is 0 Å². The topological polar surface area (TPSA) is 80.5 Å². The third-order valence-electron chi connectivity index (χ3n) is 2.88. The fourth-order valence-electron chi connectivity index (χ4n) is 1.95. The van der Waals surface area contributed by atoms with Gasteiger partial charge in [-0.3, -0.25) is 0 Å². The van der Waals surface area contributed by atoms with Gasteiger partial charge in [-0.1, -0.05) is 24.3 Å². The molecule has 5 heteroatoms. The normalized spacial score (nSPS) is 11.6. The zero-order valence-electron chi connectivity index (χ0n) is 10.0. The number of rotatable bonds is 0. The summed E-state index contributed by atoms with van der Waals surface area (Å²) in [5.74, 6) is 0.266. The Morgan fingerprint density at radius 3 is 2.50 bits per heavy atom. The molecule has 18 heavy (non-hydrogen) atoms. The monoisotopic (exact) mass is 239 g/mol. The molecule has 0 aliphatic heterocycles. The first-order valence-corrected chi connectivity index (χ1v) is 5.73. The highest BCUT2D eigenvalue weighted by Gasteiger charge is 2.04. The average molecular weight is 239 g/mol. The number of nitrogens with one attached hydrogen (secondary N) is 1. The number of nitrogen functional groups attached to an aromatic ring is 1. The van der Waals surface area contributed by atoms with Gasteiger partial charge in [0.2, 0.25) is 5.95 Å². The lowest BCUT2D eigenvalue weighted by molar-refractivity contribution is 1.09. The van der Waals surface area contributed by atoms with Crippen molar-refractivity contribution in [1.82, 2.24) is 19.9 Å². The van der Waals surface area contributed by atoms with Gasteiger partial charge in [0.15, 0.2) is 5.65 Å². The van der Waals surface area contributed by atoms with E-state index in [1.54, 1.807) is 6.33 Å². The number of aryl methyl sites for hydroxylation is 1. The van der Waals surface area contributed by atoms with Crippen molar-refractivity contribution in [1.29, 1.82) is 0 Å². The summed E-state index contributed by atoms with van der Waals surface area (Å²) in [4.78, 5) is 14.8. The maximum absolute atomic E-state index is 5.41. The first-order chi connectivity index (χ1) is 8.72. The van der Waals surface area contributed by atoms with Crippen LogP contribution in [0.4, 0.5) is 5.95 Å². The van der Waals surface area contributed by atoms with Gasteiger partial charge in [0, 0.05) is 0 Å². The minimum absolute atomic E-state index is 0.266. The third kappa shape index (κ3) is 1.90. The van der Waals surface area contributed by atoms with Crippen LogP contribution in [-0.4, -0.2) is 19.9 Å². The van der Waals surface area contributed by atoms with Crippen LogP contribution in [0.25, 0.3) is 11.2 Å². The largest absolute Gasteiger partial charge is 0.368 e. The molecule has 90 valence electrons. The molecule has 0 fully saturated rings. The molecular formula is C13H13N5. The van der Waals surface area contributed by atoms with Crippen molar-refractivity contribution in [3.63, 3.8) is 0 Å². The molecule has 2 bridgehead atoms. The number of H-pyrrole nitrogens is 1. The highest BCUT2D eigenvalue weighted by atomic mass is 15.1. The number of nitrogens with zero attached hydrogens (tertiary/aromatic N) is 3. The van der Waals surface area contributed by atoms with Crippen LogP contribution in [0.15, 0.2) is 30.6 Å². The summed E-state index contributed by atoms with van der Waals surface area (Å²) in [6, 6.07) is 8.65. The Morgan fingerprint density at radius 2 is 1.94 bits per heavy atom. The Kier molecular flexibility index (Phi) is 2.44. The van der Waals surface area contributed by atoms with Gasteiger partial charge in [-0.05, 0) is 24.5 Å². The lowest BCUT2D eigenvalue weighted by atomic mass is 9.94. The Bertz CT molecular complexity index is 677. The maximum Gasteiger partial charge on any atom is 0.222 e. The van der Waals surface area contributed by atoms with E-state index in [-0.39, 0.29) is 5.95 Å². The van der Waals surface area contributed by atoms with Crippen LogP contribution >= 0.6 is 0 Å². The Hall–Kier alpha value is -2.43. The van der Waals surface area contributed by atoms with Gasteiger partial charge in [-0.25, -0.2) is 9.97 Å². The molecule has 0 amide bonds. The fraction of sp³-hybridized carbons (Fsp3) is 0.154. The number of imidazole rings is 1. The quantitative estimate of drug-likeness (QED) is 0.490. The molecule has 5 rings (SSSR count). The van der Waals surface area contributed by atoms with E-state index in [1.165, 1.54) is 17.5 Å². The minimum atomic E-state index is 0.266. The van der Waals surface area contributed by atoms with Crippen LogP contribution in [-0.2, 0) is 6.42 Å². The molecule has 2 heterocycles. The maximum atomic E-state index is 5.41. The Balaban J connectivity index is 0.000000122. The summed E-state index contributed by atoms with van der Waals surface area (Å²) in [6.45, 7) is 1.86. The van der Waals surface area contributed by atoms with E-state index in [2.05, 4.69) is 44.2 Å². The van der Waals surface area contributed by atoms with Gasteiger partial charge in [0.1, 0.15) is 5.52 Å². The third-order valence-corrected chi connectivity index (χ3v) is 2.88. The van der Waals surface area contributed by atoms with Crippen LogP contribution in [0.1, 0.15) is 16.8 Å². The molecule has 2 aliphatic carbocycles. The Morgan fingerprint density at radius 1 is 1.22 bits per heavy atom. The fourth-order valence-corrected chi connectivity index (χ4v) is 1.95. The molecule has 5 nitrogen and oxygen atoms in total. The number of fused-ring (bicyclic) bond motifs is 3. The number of hydrogen-bond acceptors (Lipinski definition) is 4. The number of anilines is 1. The molecule has 0 spiro atoms. The number of aromatic amines is 1. The molecule has 2 aliphatic rings. The van der Waals surface area contributed by atoms with Gasteiger partial charge >= 0.3 is 0 Å². The molecule has 0 saturated carbocycles. The van der Waals surface area contributed by atoms with Crippen molar-refractivity contribution in [2.24, 2.45) is 0 Å². The molecule has 3 aromatic rings. The van der Waals surface area contributed by atoms with E-state index in [0.29, 0.717) is 5.65 Å². The number of nitrogens with two attached hydrogens (primary N) is 1. The Labute approximate surface area is 104 Å². The van der Waals surface area contributed by atoms with Gasteiger partial charge in [-0.2, -0.15) is 4.98 Å². The standard InChI is InChI=1S/C7H6.C6H7N5/c1-2-6-4-7(3-1)5-6;1-3-4-5(9-2-8-4)11-6(7)10-3/h1-4H,5H2;2H,1H3,(H3,7,8,9,10,11). The second-order valence-corrected chi connectivity index (χ2v) is 4.27. The summed E-state index contributed by atoms with van der Waals surface area (Å²) in [6.07, 6.45) is 2.79. The average Bonchev–Trinajstić information content (AvgIpc) is 2.78. The summed E-state index contributed by atoms with van der Waals surface area (Å²) in [5, 5.41) is 0. The highest BCUT2D eigenvalue weighted by molar-refractivity contribution is 5.73. The second kappa shape index (κ2) is 4.10. The zero-order chi connectivity index (χ0) is 12.5. The molecule has 3 N–H and O–H groups in total. The van der Waals surface area contributed by atoms with Crippen molar-refractivity contribution < 1.29 is 0 Å². The summed E-state index contributed by atoms with van der Waals surface area (Å²) in [7, 11) is 0. The van der Waals surface area contributed by atoms with E-state index in [4.69, 9.17) is 5.73 Å². The van der Waals surface area contributed by atoms with E-state index < -0.39 is 0 Å². The molecular weight excluding hydrogens is 226 g/mol. The molecule has 1 aromatic carbocycles. The van der Waals surface area contributed by atoms with Crippen molar-refractivity contribution in [3.05, 3.63) is 47.4 Å². The SMILES string of the molecule is Cc1nc(N)nc2nc[nH]c12.c1cc2cc(c1)C2. The molecule has 0 saturated heterocycles. The summed E-state index contributed by atoms with van der Waals surface area (Å²) >= 11 is 0. The number of benzene rings is 1. The van der Waals surface area contributed by atoms with E-state index in [9.17, 15) is 0 Å². The van der Waals surface area contributed by atoms with E-state index >= 15 is 0 Å². The summed E-state index contributed by atoms with van der Waals surface area (Å²) < 4.78 is 0. The zero-order valence-corrected chi connectivity index (χ0v) is 10.0. The van der Waals surface area contributed by atoms with Crippen LogP contribution in [0.2, 0.25) is 0 Å². The minimum Gasteiger partial charge on any atom is -0.368 e. The number of hydrogen-bond donors (Lipinski definition) is 2. The van der Waals surface area contributed by atoms with E-state index in [0.717, 1.165) is 11.2 Å². The lowest BCUT2D eigenvalue weighted by Crippen LogP contribution is -1.97. The highest BCUT2D eigenvalue weighted by Crippen LogP contribution is 2.18. The van der Waals surface area contributed by atoms with E-state index in [1.807, 2.05) is 6.92 Å². The predicted octanol–water partition coefficient (Wildman–Crippen LogP) is 1.83. The number of aromatic nitrogens is 4. The van der Waals surface area contributed by atoms with Gasteiger partial charge in [0.25, 0.3) is 0 Å². The second-order valence-electron chi connectivity index (χ2n) is 4.27.